The molecule has 0 unspecified atom stereocenters. The Balaban J connectivity index is 3.89. The summed E-state index contributed by atoms with van der Waals surface area (Å²) in [4.78, 5) is 2.59. The number of hydrogen-bond donors (Lipinski definition) is 2. The zero-order chi connectivity index (χ0) is 7.11. The smallest absolute Gasteiger partial charge is 0.190 e. The number of terminal acetylenes is 2. The summed E-state index contributed by atoms with van der Waals surface area (Å²) in [7, 11) is 0. The maximum atomic E-state index is 4.93. The molecule has 2 N–H and O–H groups in total. The molecule has 0 saturated carbocycles. The standard InChI is InChI=1S/C6H6N2S/c1-4-7-6(9-3)8-5-2/h1-2H,3H3,(H,7,8)/p+1. The van der Waals surface area contributed by atoms with Crippen LogP contribution in [0.4, 0.5) is 0 Å². The predicted octanol–water partition coefficient (Wildman–Crippen LogP) is -1.44. The maximum absolute atomic E-state index is 4.93. The van der Waals surface area contributed by atoms with E-state index in [-0.39, 0.29) is 0 Å². The number of rotatable bonds is 0. The first-order chi connectivity index (χ1) is 4.35. The van der Waals surface area contributed by atoms with Crippen LogP contribution < -0.4 is 10.3 Å². The molecule has 0 aliphatic rings. The summed E-state index contributed by atoms with van der Waals surface area (Å²) >= 11 is 1.43. The third-order valence-corrected chi connectivity index (χ3v) is 1.19. The summed E-state index contributed by atoms with van der Waals surface area (Å²) in [6.07, 6.45) is 11.7. The van der Waals surface area contributed by atoms with Gasteiger partial charge in [-0.3, -0.25) is 0 Å². The molecule has 0 spiro atoms. The zero-order valence-electron chi connectivity index (χ0n) is 5.06. The van der Waals surface area contributed by atoms with E-state index < -0.39 is 0 Å². The van der Waals surface area contributed by atoms with Crippen molar-refractivity contribution in [2.45, 2.75) is 0 Å². The lowest BCUT2D eigenvalue weighted by atomic mass is 11.0. The van der Waals surface area contributed by atoms with Crippen LogP contribution in [0.2, 0.25) is 0 Å². The second-order valence-corrected chi connectivity index (χ2v) is 1.89. The predicted molar refractivity (Wildman–Crippen MR) is 40.3 cm³/mol. The van der Waals surface area contributed by atoms with Gasteiger partial charge in [0.2, 0.25) is 0 Å². The summed E-state index contributed by atoms with van der Waals surface area (Å²) in [6.45, 7) is 0. The zero-order valence-corrected chi connectivity index (χ0v) is 5.88. The van der Waals surface area contributed by atoms with E-state index in [0.717, 1.165) is 0 Å². The second-order valence-electron chi connectivity index (χ2n) is 1.07. The summed E-state index contributed by atoms with van der Waals surface area (Å²) < 4.78 is 0. The van der Waals surface area contributed by atoms with Gasteiger partial charge in [-0.05, 0) is 18.0 Å². The molecule has 0 fully saturated rings. The fourth-order valence-electron chi connectivity index (χ4n) is 0.264. The molecule has 0 bridgehead atoms. The van der Waals surface area contributed by atoms with Crippen LogP contribution in [0.3, 0.4) is 0 Å². The minimum absolute atomic E-state index is 0.694. The molecule has 0 saturated heterocycles. The van der Waals surface area contributed by atoms with Gasteiger partial charge in [-0.15, -0.1) is 0 Å². The van der Waals surface area contributed by atoms with Crippen molar-refractivity contribution in [1.29, 1.82) is 0 Å². The first-order valence-corrected chi connectivity index (χ1v) is 3.41. The lowest BCUT2D eigenvalue weighted by molar-refractivity contribution is -0.345. The Bertz CT molecular complexity index is 182. The van der Waals surface area contributed by atoms with Gasteiger partial charge in [-0.1, -0.05) is 12.8 Å². The fourth-order valence-corrected chi connectivity index (χ4v) is 0.586. The first-order valence-electron chi connectivity index (χ1n) is 2.19. The van der Waals surface area contributed by atoms with E-state index in [0.29, 0.717) is 5.17 Å². The number of thioether (sulfide) groups is 1. The topological polar surface area (TPSA) is 26.0 Å². The SMILES string of the molecule is C#CNC(=[NH+]C#C)SC. The average molecular weight is 139 g/mol. The number of nitrogens with one attached hydrogen (secondary N) is 2. The molecule has 0 rings (SSSR count). The van der Waals surface area contributed by atoms with E-state index in [1.807, 2.05) is 6.26 Å². The van der Waals surface area contributed by atoms with Crippen molar-refractivity contribution in [3.63, 3.8) is 0 Å². The Morgan fingerprint density at radius 3 is 2.67 bits per heavy atom. The van der Waals surface area contributed by atoms with Crippen molar-refractivity contribution in [2.24, 2.45) is 0 Å². The average Bonchev–Trinajstić information content (AvgIpc) is 1.88. The third-order valence-electron chi connectivity index (χ3n) is 0.576. The molecule has 9 heavy (non-hydrogen) atoms. The van der Waals surface area contributed by atoms with E-state index in [1.165, 1.54) is 11.8 Å². The Hall–Kier alpha value is -1.06. The summed E-state index contributed by atoms with van der Waals surface area (Å²) in [6, 6.07) is 4.48. The lowest BCUT2D eigenvalue weighted by Crippen LogP contribution is -2.69. The molecule has 0 aromatic heterocycles. The molecule has 2 nitrogen and oxygen atoms in total. The molecule has 0 aromatic rings. The van der Waals surface area contributed by atoms with E-state index in [1.54, 1.807) is 0 Å². The Kier molecular flexibility index (Phi) is 4.49. The Labute approximate surface area is 59.1 Å². The van der Waals surface area contributed by atoms with Crippen LogP contribution in [0.15, 0.2) is 0 Å². The van der Waals surface area contributed by atoms with Gasteiger partial charge >= 0.3 is 5.17 Å². The fraction of sp³-hybridized carbons (Fsp3) is 0.167. The molecule has 3 heteroatoms. The van der Waals surface area contributed by atoms with Crippen molar-refractivity contribution in [3.8, 4) is 24.9 Å². The molecule has 0 amide bonds. The van der Waals surface area contributed by atoms with Crippen LogP contribution in [0.1, 0.15) is 0 Å². The third kappa shape index (κ3) is 3.52. The van der Waals surface area contributed by atoms with Crippen LogP contribution in [-0.2, 0) is 0 Å². The molecule has 0 aliphatic carbocycles. The molecular formula is C6H7N2S+. The van der Waals surface area contributed by atoms with Gasteiger partial charge in [0.25, 0.3) is 0 Å². The summed E-state index contributed by atoms with van der Waals surface area (Å²) in [5, 5.41) is 3.28. The van der Waals surface area contributed by atoms with Crippen molar-refractivity contribution in [2.75, 3.05) is 6.26 Å². The number of hydrogen-bond acceptors (Lipinski definition) is 1. The normalized spacial score (nSPS) is 9.44. The Morgan fingerprint density at radius 1 is 1.67 bits per heavy atom. The van der Waals surface area contributed by atoms with Gasteiger partial charge in [0, 0.05) is 0 Å². The minimum Gasteiger partial charge on any atom is -0.190 e. The monoisotopic (exact) mass is 139 g/mol. The maximum Gasteiger partial charge on any atom is 0.330 e. The van der Waals surface area contributed by atoms with Crippen molar-refractivity contribution in [3.05, 3.63) is 0 Å². The van der Waals surface area contributed by atoms with E-state index >= 15 is 0 Å². The molecule has 0 radical (unpaired) electrons. The minimum atomic E-state index is 0.694. The highest BCUT2D eigenvalue weighted by Crippen LogP contribution is 1.84. The highest BCUT2D eigenvalue weighted by Gasteiger charge is 1.97. The molecule has 0 atom stereocenters. The van der Waals surface area contributed by atoms with Gasteiger partial charge in [-0.25, -0.2) is 0 Å². The van der Waals surface area contributed by atoms with Crippen LogP contribution in [-0.4, -0.2) is 11.4 Å². The molecule has 0 heterocycles. The molecule has 46 valence electrons. The first kappa shape index (κ1) is 7.94. The van der Waals surface area contributed by atoms with E-state index in [4.69, 9.17) is 12.8 Å². The van der Waals surface area contributed by atoms with Gasteiger partial charge in [0.15, 0.2) is 0 Å². The van der Waals surface area contributed by atoms with Crippen molar-refractivity contribution >= 4 is 16.9 Å². The lowest BCUT2D eigenvalue weighted by Gasteiger charge is -1.84. The number of amidine groups is 1. The van der Waals surface area contributed by atoms with Crippen LogP contribution in [0, 0.1) is 24.9 Å². The largest absolute Gasteiger partial charge is 0.330 e. The highest BCUT2D eigenvalue weighted by molar-refractivity contribution is 8.12. The van der Waals surface area contributed by atoms with E-state index in [2.05, 4.69) is 22.4 Å². The molecular weight excluding hydrogens is 132 g/mol. The summed E-state index contributed by atoms with van der Waals surface area (Å²) in [5.41, 5.74) is 0. The molecule has 0 aromatic carbocycles. The highest BCUT2D eigenvalue weighted by atomic mass is 32.2. The van der Waals surface area contributed by atoms with Crippen LogP contribution in [0.5, 0.6) is 0 Å². The quantitative estimate of drug-likeness (QED) is 0.186. The van der Waals surface area contributed by atoms with Gasteiger partial charge in [0.05, 0.1) is 0 Å². The van der Waals surface area contributed by atoms with E-state index in [9.17, 15) is 0 Å². The van der Waals surface area contributed by atoms with Gasteiger partial charge in [0.1, 0.15) is 12.1 Å². The van der Waals surface area contributed by atoms with Crippen molar-refractivity contribution in [1.82, 2.24) is 5.32 Å². The molecule has 0 aliphatic heterocycles. The Morgan fingerprint density at radius 2 is 2.33 bits per heavy atom. The van der Waals surface area contributed by atoms with Crippen molar-refractivity contribution < 1.29 is 4.99 Å². The second kappa shape index (κ2) is 5.08. The van der Waals surface area contributed by atoms with Gasteiger partial charge in [-0.2, -0.15) is 10.3 Å². The van der Waals surface area contributed by atoms with Crippen LogP contribution in [0.25, 0.3) is 0 Å². The van der Waals surface area contributed by atoms with Crippen LogP contribution >= 0.6 is 11.8 Å². The summed E-state index contributed by atoms with van der Waals surface area (Å²) in [5.74, 6) is 0. The van der Waals surface area contributed by atoms with Gasteiger partial charge < -0.3 is 0 Å².